The zero-order valence-corrected chi connectivity index (χ0v) is 9.65. The van der Waals surface area contributed by atoms with Crippen molar-refractivity contribution in [2.75, 3.05) is 6.54 Å². The third kappa shape index (κ3) is 4.45. The van der Waals surface area contributed by atoms with Crippen LogP contribution in [-0.2, 0) is 4.79 Å². The quantitative estimate of drug-likeness (QED) is 0.772. The van der Waals surface area contributed by atoms with E-state index in [2.05, 4.69) is 5.32 Å². The van der Waals surface area contributed by atoms with Crippen molar-refractivity contribution in [3.63, 3.8) is 0 Å². The van der Waals surface area contributed by atoms with Crippen LogP contribution in [0.4, 0.5) is 0 Å². The first-order valence-corrected chi connectivity index (χ1v) is 5.73. The van der Waals surface area contributed by atoms with E-state index < -0.39 is 6.10 Å². The van der Waals surface area contributed by atoms with E-state index in [0.717, 1.165) is 18.4 Å². The zero-order valence-electron chi connectivity index (χ0n) is 9.65. The highest BCUT2D eigenvalue weighted by atomic mass is 16.3. The summed E-state index contributed by atoms with van der Waals surface area (Å²) in [5.41, 5.74) is 0.832. The fourth-order valence-corrected chi connectivity index (χ4v) is 1.43. The largest absolute Gasteiger partial charge is 0.387 e. The van der Waals surface area contributed by atoms with Gasteiger partial charge in [-0.1, -0.05) is 43.7 Å². The van der Waals surface area contributed by atoms with Crippen LogP contribution in [0.5, 0.6) is 0 Å². The van der Waals surface area contributed by atoms with E-state index in [1.165, 1.54) is 0 Å². The molecular weight excluding hydrogens is 202 g/mol. The van der Waals surface area contributed by atoms with Gasteiger partial charge in [-0.15, -0.1) is 0 Å². The molecule has 2 N–H and O–H groups in total. The maximum Gasteiger partial charge on any atom is 0.220 e. The summed E-state index contributed by atoms with van der Waals surface area (Å²) < 4.78 is 0. The molecule has 1 aromatic rings. The number of unbranched alkanes of at least 4 members (excludes halogenated alkanes) is 1. The van der Waals surface area contributed by atoms with E-state index in [4.69, 9.17) is 0 Å². The van der Waals surface area contributed by atoms with Crippen molar-refractivity contribution in [1.82, 2.24) is 5.32 Å². The van der Waals surface area contributed by atoms with E-state index in [0.29, 0.717) is 6.42 Å². The third-order valence-corrected chi connectivity index (χ3v) is 2.43. The van der Waals surface area contributed by atoms with Crippen molar-refractivity contribution in [1.29, 1.82) is 0 Å². The highest BCUT2D eigenvalue weighted by molar-refractivity contribution is 5.75. The van der Waals surface area contributed by atoms with Crippen LogP contribution in [0, 0.1) is 0 Å². The molecule has 0 fully saturated rings. The number of benzene rings is 1. The van der Waals surface area contributed by atoms with Gasteiger partial charge in [-0.2, -0.15) is 0 Å². The number of hydrogen-bond donors (Lipinski definition) is 2. The molecule has 3 nitrogen and oxygen atoms in total. The lowest BCUT2D eigenvalue weighted by Crippen LogP contribution is -2.28. The molecule has 0 aliphatic rings. The molecule has 1 aromatic carbocycles. The van der Waals surface area contributed by atoms with E-state index in [1.54, 1.807) is 0 Å². The summed E-state index contributed by atoms with van der Waals surface area (Å²) in [6, 6.07) is 9.34. The second-order valence-electron chi connectivity index (χ2n) is 3.83. The number of carbonyl (C=O) groups is 1. The van der Waals surface area contributed by atoms with Gasteiger partial charge in [0.05, 0.1) is 6.10 Å². The van der Waals surface area contributed by atoms with Gasteiger partial charge in [0.2, 0.25) is 5.91 Å². The summed E-state index contributed by atoms with van der Waals surface area (Å²) >= 11 is 0. The molecule has 16 heavy (non-hydrogen) atoms. The maximum atomic E-state index is 11.3. The molecule has 0 saturated carbocycles. The van der Waals surface area contributed by atoms with Crippen molar-refractivity contribution in [2.24, 2.45) is 0 Å². The van der Waals surface area contributed by atoms with E-state index in [1.807, 2.05) is 37.3 Å². The Morgan fingerprint density at radius 2 is 2.06 bits per heavy atom. The van der Waals surface area contributed by atoms with Gasteiger partial charge in [0.15, 0.2) is 0 Å². The van der Waals surface area contributed by atoms with Crippen molar-refractivity contribution < 1.29 is 9.90 Å². The first kappa shape index (κ1) is 12.7. The standard InChI is InChI=1S/C13H19NO2/c1-2-3-9-13(16)14-10-12(15)11-7-5-4-6-8-11/h4-8,12,15H,2-3,9-10H2,1H3,(H,14,16). The van der Waals surface area contributed by atoms with Gasteiger partial charge in [-0.25, -0.2) is 0 Å². The van der Waals surface area contributed by atoms with Crippen molar-refractivity contribution in [2.45, 2.75) is 32.3 Å². The smallest absolute Gasteiger partial charge is 0.220 e. The predicted octanol–water partition coefficient (Wildman–Crippen LogP) is 2.03. The summed E-state index contributed by atoms with van der Waals surface area (Å²) in [4.78, 5) is 11.3. The van der Waals surface area contributed by atoms with Crippen LogP contribution < -0.4 is 5.32 Å². The molecule has 0 spiro atoms. The second kappa shape index (κ2) is 7.01. The number of rotatable bonds is 6. The molecule has 0 bridgehead atoms. The summed E-state index contributed by atoms with van der Waals surface area (Å²) in [6.07, 6.45) is 1.83. The Kier molecular flexibility index (Phi) is 5.57. The van der Waals surface area contributed by atoms with Crippen LogP contribution in [-0.4, -0.2) is 17.6 Å². The number of aliphatic hydroxyl groups is 1. The average molecular weight is 221 g/mol. The lowest BCUT2D eigenvalue weighted by atomic mass is 10.1. The van der Waals surface area contributed by atoms with Gasteiger partial charge in [0, 0.05) is 13.0 Å². The average Bonchev–Trinajstić information content (AvgIpc) is 2.34. The predicted molar refractivity (Wildman–Crippen MR) is 63.9 cm³/mol. The summed E-state index contributed by atoms with van der Waals surface area (Å²) in [5.74, 6) is 0.0110. The zero-order chi connectivity index (χ0) is 11.8. The van der Waals surface area contributed by atoms with Crippen LogP contribution in [0.15, 0.2) is 30.3 Å². The molecule has 1 amide bonds. The molecular formula is C13H19NO2. The molecule has 3 heteroatoms. The van der Waals surface area contributed by atoms with Crippen molar-refractivity contribution >= 4 is 5.91 Å². The number of aliphatic hydroxyl groups excluding tert-OH is 1. The van der Waals surface area contributed by atoms with Gasteiger partial charge in [0.25, 0.3) is 0 Å². The molecule has 0 aliphatic heterocycles. The van der Waals surface area contributed by atoms with Crippen LogP contribution >= 0.6 is 0 Å². The summed E-state index contributed by atoms with van der Waals surface area (Å²) in [6.45, 7) is 2.33. The van der Waals surface area contributed by atoms with Crippen molar-refractivity contribution in [3.8, 4) is 0 Å². The Bertz CT molecular complexity index is 311. The van der Waals surface area contributed by atoms with Crippen LogP contribution in [0.25, 0.3) is 0 Å². The Labute approximate surface area is 96.5 Å². The highest BCUT2D eigenvalue weighted by Gasteiger charge is 2.08. The van der Waals surface area contributed by atoms with Crippen LogP contribution in [0.3, 0.4) is 0 Å². The monoisotopic (exact) mass is 221 g/mol. The van der Waals surface area contributed by atoms with Gasteiger partial charge in [-0.3, -0.25) is 4.79 Å². The first-order chi connectivity index (χ1) is 7.74. The summed E-state index contributed by atoms with van der Waals surface area (Å²) in [7, 11) is 0. The molecule has 0 radical (unpaired) electrons. The maximum absolute atomic E-state index is 11.3. The fraction of sp³-hybridized carbons (Fsp3) is 0.462. The van der Waals surface area contributed by atoms with Gasteiger partial charge < -0.3 is 10.4 Å². The van der Waals surface area contributed by atoms with E-state index >= 15 is 0 Å². The fourth-order valence-electron chi connectivity index (χ4n) is 1.43. The molecule has 0 aromatic heterocycles. The third-order valence-electron chi connectivity index (χ3n) is 2.43. The van der Waals surface area contributed by atoms with Crippen LogP contribution in [0.1, 0.15) is 37.9 Å². The summed E-state index contributed by atoms with van der Waals surface area (Å²) in [5, 5.41) is 12.5. The Balaban J connectivity index is 2.30. The Morgan fingerprint density at radius 3 is 2.69 bits per heavy atom. The lowest BCUT2D eigenvalue weighted by molar-refractivity contribution is -0.121. The molecule has 1 atom stereocenters. The van der Waals surface area contributed by atoms with Crippen molar-refractivity contribution in [3.05, 3.63) is 35.9 Å². The Hall–Kier alpha value is -1.35. The SMILES string of the molecule is CCCCC(=O)NCC(O)c1ccccc1. The molecule has 1 unspecified atom stereocenters. The number of carbonyl (C=O) groups excluding carboxylic acids is 1. The van der Waals surface area contributed by atoms with Gasteiger partial charge >= 0.3 is 0 Å². The Morgan fingerprint density at radius 1 is 1.38 bits per heavy atom. The van der Waals surface area contributed by atoms with E-state index in [9.17, 15) is 9.90 Å². The molecule has 88 valence electrons. The molecule has 0 saturated heterocycles. The number of hydrogen-bond acceptors (Lipinski definition) is 2. The first-order valence-electron chi connectivity index (χ1n) is 5.73. The lowest BCUT2D eigenvalue weighted by Gasteiger charge is -2.11. The number of amides is 1. The normalized spacial score (nSPS) is 12.1. The minimum absolute atomic E-state index is 0.0110. The van der Waals surface area contributed by atoms with Gasteiger partial charge in [-0.05, 0) is 12.0 Å². The minimum Gasteiger partial charge on any atom is -0.387 e. The van der Waals surface area contributed by atoms with E-state index in [-0.39, 0.29) is 12.5 Å². The van der Waals surface area contributed by atoms with Crippen LogP contribution in [0.2, 0.25) is 0 Å². The minimum atomic E-state index is -0.619. The second-order valence-corrected chi connectivity index (χ2v) is 3.83. The topological polar surface area (TPSA) is 49.3 Å². The molecule has 1 rings (SSSR count). The molecule has 0 aliphatic carbocycles. The molecule has 0 heterocycles. The highest BCUT2D eigenvalue weighted by Crippen LogP contribution is 2.10. The number of nitrogens with one attached hydrogen (secondary N) is 1. The van der Waals surface area contributed by atoms with Gasteiger partial charge in [0.1, 0.15) is 0 Å².